The second-order valence-electron chi connectivity index (χ2n) is 4.88. The fourth-order valence-electron chi connectivity index (χ4n) is 2.27. The molecule has 1 aliphatic rings. The van der Waals surface area contributed by atoms with Crippen LogP contribution < -0.4 is 0 Å². The molecule has 0 aromatic rings. The molecule has 0 spiro atoms. The van der Waals surface area contributed by atoms with Crippen molar-refractivity contribution in [3.63, 3.8) is 0 Å². The van der Waals surface area contributed by atoms with Crippen LogP contribution in [-0.4, -0.2) is 24.5 Å². The van der Waals surface area contributed by atoms with E-state index < -0.39 is 0 Å². The zero-order valence-electron chi connectivity index (χ0n) is 10.6. The Morgan fingerprint density at radius 2 is 1.87 bits per heavy atom. The van der Waals surface area contributed by atoms with E-state index in [0.717, 1.165) is 24.7 Å². The van der Waals surface area contributed by atoms with Crippen molar-refractivity contribution in [3.05, 3.63) is 0 Å². The Hall–Kier alpha value is -0.480. The molecule has 1 fully saturated rings. The lowest BCUT2D eigenvalue weighted by Gasteiger charge is -2.33. The lowest BCUT2D eigenvalue weighted by molar-refractivity contribution is 0.161. The fourth-order valence-corrected chi connectivity index (χ4v) is 2.27. The van der Waals surface area contributed by atoms with E-state index in [1.54, 1.807) is 0 Å². The molecule has 1 saturated heterocycles. The highest BCUT2D eigenvalue weighted by molar-refractivity contribution is 4.98. The van der Waals surface area contributed by atoms with Crippen LogP contribution in [0.2, 0.25) is 0 Å². The van der Waals surface area contributed by atoms with Crippen LogP contribution in [-0.2, 0) is 0 Å². The Balaban J connectivity index is 2.14. The van der Waals surface area contributed by atoms with Gasteiger partial charge in [-0.1, -0.05) is 20.8 Å². The van der Waals surface area contributed by atoms with Gasteiger partial charge in [0.25, 0.3) is 0 Å². The average molecular weight is 207 g/mol. The summed E-state index contributed by atoms with van der Waals surface area (Å²) in [6.45, 7) is 10.6. The highest BCUT2D eigenvalue weighted by Crippen LogP contribution is 2.24. The average Bonchev–Trinajstić information content (AvgIpc) is 2.25. The first-order valence-electron chi connectivity index (χ1n) is 6.42. The van der Waals surface area contributed by atoms with Gasteiger partial charge in [-0.3, -0.25) is 0 Å². The lowest BCUT2D eigenvalue weighted by Crippen LogP contribution is -2.35. The maximum absolute atomic E-state index is 3.22. The Morgan fingerprint density at radius 3 is 2.40 bits per heavy atom. The van der Waals surface area contributed by atoms with E-state index >= 15 is 0 Å². The number of hydrogen-bond acceptors (Lipinski definition) is 1. The maximum Gasteiger partial charge on any atom is 0.0217 e. The van der Waals surface area contributed by atoms with Gasteiger partial charge in [-0.2, -0.15) is 0 Å². The summed E-state index contributed by atoms with van der Waals surface area (Å²) in [5.74, 6) is 8.19. The van der Waals surface area contributed by atoms with Gasteiger partial charge < -0.3 is 4.90 Å². The molecular formula is C14H25N. The first-order valence-corrected chi connectivity index (χ1v) is 6.42. The zero-order chi connectivity index (χ0) is 11.1. The second-order valence-corrected chi connectivity index (χ2v) is 4.88. The zero-order valence-corrected chi connectivity index (χ0v) is 10.6. The Labute approximate surface area is 95.2 Å². The van der Waals surface area contributed by atoms with E-state index in [-0.39, 0.29) is 0 Å². The predicted octanol–water partition coefficient (Wildman–Crippen LogP) is 3.16. The van der Waals surface area contributed by atoms with Gasteiger partial charge in [-0.05, 0) is 37.8 Å². The third-order valence-electron chi connectivity index (χ3n) is 3.43. The highest BCUT2D eigenvalue weighted by atomic mass is 15.1. The molecule has 0 amide bonds. The number of hydrogen-bond donors (Lipinski definition) is 0. The van der Waals surface area contributed by atoms with Crippen molar-refractivity contribution in [2.75, 3.05) is 19.6 Å². The summed E-state index contributed by atoms with van der Waals surface area (Å²) >= 11 is 0. The molecule has 0 bridgehead atoms. The molecule has 1 rings (SSSR count). The minimum absolute atomic E-state index is 0.868. The van der Waals surface area contributed by atoms with Crippen LogP contribution in [0.25, 0.3) is 0 Å². The quantitative estimate of drug-likeness (QED) is 0.643. The SMILES string of the molecule is CCC#CCCN1CCC(C(C)C)CC1. The van der Waals surface area contributed by atoms with E-state index in [9.17, 15) is 0 Å². The van der Waals surface area contributed by atoms with Crippen molar-refractivity contribution in [1.82, 2.24) is 4.90 Å². The third kappa shape index (κ3) is 4.71. The summed E-state index contributed by atoms with van der Waals surface area (Å²) in [5.41, 5.74) is 0. The van der Waals surface area contributed by atoms with Crippen LogP contribution >= 0.6 is 0 Å². The molecule has 0 aromatic heterocycles. The maximum atomic E-state index is 3.22. The van der Waals surface area contributed by atoms with Gasteiger partial charge in [-0.15, -0.1) is 11.8 Å². The first-order chi connectivity index (χ1) is 7.24. The van der Waals surface area contributed by atoms with Gasteiger partial charge in [0.2, 0.25) is 0 Å². The molecule has 1 heteroatoms. The van der Waals surface area contributed by atoms with Gasteiger partial charge in [0.1, 0.15) is 0 Å². The summed E-state index contributed by atoms with van der Waals surface area (Å²) < 4.78 is 0. The fraction of sp³-hybridized carbons (Fsp3) is 0.857. The highest BCUT2D eigenvalue weighted by Gasteiger charge is 2.20. The Morgan fingerprint density at radius 1 is 1.20 bits per heavy atom. The number of nitrogens with zero attached hydrogens (tertiary/aromatic N) is 1. The van der Waals surface area contributed by atoms with Crippen LogP contribution in [0.3, 0.4) is 0 Å². The molecule has 0 atom stereocenters. The van der Waals surface area contributed by atoms with E-state index in [2.05, 4.69) is 37.5 Å². The first kappa shape index (κ1) is 12.6. The molecule has 86 valence electrons. The van der Waals surface area contributed by atoms with Crippen molar-refractivity contribution in [2.45, 2.75) is 46.5 Å². The summed E-state index contributed by atoms with van der Waals surface area (Å²) in [6, 6.07) is 0. The number of likely N-dealkylation sites (tertiary alicyclic amines) is 1. The smallest absolute Gasteiger partial charge is 0.0217 e. The van der Waals surface area contributed by atoms with Crippen molar-refractivity contribution in [2.24, 2.45) is 11.8 Å². The molecule has 1 heterocycles. The molecule has 15 heavy (non-hydrogen) atoms. The van der Waals surface area contributed by atoms with Crippen molar-refractivity contribution in [1.29, 1.82) is 0 Å². The normalized spacial score (nSPS) is 18.9. The summed E-state index contributed by atoms with van der Waals surface area (Å²) in [6.07, 6.45) is 4.83. The second kappa shape index (κ2) is 6.90. The van der Waals surface area contributed by atoms with Gasteiger partial charge in [0.05, 0.1) is 0 Å². The van der Waals surface area contributed by atoms with Gasteiger partial charge >= 0.3 is 0 Å². The molecule has 0 aromatic carbocycles. The molecule has 0 N–H and O–H groups in total. The number of piperidine rings is 1. The summed E-state index contributed by atoms with van der Waals surface area (Å²) in [4.78, 5) is 2.57. The molecule has 1 nitrogen and oxygen atoms in total. The molecule has 0 unspecified atom stereocenters. The molecule has 0 aliphatic carbocycles. The van der Waals surface area contributed by atoms with Crippen LogP contribution in [0.4, 0.5) is 0 Å². The van der Waals surface area contributed by atoms with Crippen molar-refractivity contribution in [3.8, 4) is 11.8 Å². The van der Waals surface area contributed by atoms with Crippen LogP contribution in [0.15, 0.2) is 0 Å². The Kier molecular flexibility index (Phi) is 5.79. The van der Waals surface area contributed by atoms with Crippen molar-refractivity contribution < 1.29 is 0 Å². The predicted molar refractivity (Wildman–Crippen MR) is 66.7 cm³/mol. The standard InChI is InChI=1S/C14H25N/c1-4-5-6-7-10-15-11-8-14(9-12-15)13(2)3/h13-14H,4,7-12H2,1-3H3. The monoisotopic (exact) mass is 207 g/mol. The Bertz CT molecular complexity index is 213. The minimum atomic E-state index is 0.868. The topological polar surface area (TPSA) is 3.24 Å². The minimum Gasteiger partial charge on any atom is -0.302 e. The van der Waals surface area contributed by atoms with Crippen molar-refractivity contribution >= 4 is 0 Å². The van der Waals surface area contributed by atoms with E-state index in [4.69, 9.17) is 0 Å². The molecule has 1 aliphatic heterocycles. The molecule has 0 saturated carbocycles. The van der Waals surface area contributed by atoms with E-state index in [1.165, 1.54) is 32.5 Å². The number of rotatable bonds is 3. The van der Waals surface area contributed by atoms with E-state index in [0.29, 0.717) is 0 Å². The van der Waals surface area contributed by atoms with Crippen LogP contribution in [0, 0.1) is 23.7 Å². The van der Waals surface area contributed by atoms with Gasteiger partial charge in [0, 0.05) is 19.4 Å². The summed E-state index contributed by atoms with van der Waals surface area (Å²) in [5, 5.41) is 0. The van der Waals surface area contributed by atoms with Gasteiger partial charge in [0.15, 0.2) is 0 Å². The summed E-state index contributed by atoms with van der Waals surface area (Å²) in [7, 11) is 0. The van der Waals surface area contributed by atoms with E-state index in [1.807, 2.05) is 0 Å². The lowest BCUT2D eigenvalue weighted by atomic mass is 9.87. The van der Waals surface area contributed by atoms with Crippen LogP contribution in [0.1, 0.15) is 46.5 Å². The van der Waals surface area contributed by atoms with Gasteiger partial charge in [-0.25, -0.2) is 0 Å². The third-order valence-corrected chi connectivity index (χ3v) is 3.43. The largest absolute Gasteiger partial charge is 0.302 e. The molecule has 0 radical (unpaired) electrons. The van der Waals surface area contributed by atoms with Crippen LogP contribution in [0.5, 0.6) is 0 Å². The molecular weight excluding hydrogens is 182 g/mol.